The molecule has 3 rings (SSSR count). The lowest BCUT2D eigenvalue weighted by molar-refractivity contribution is 0.00578. The molecule has 0 aromatic carbocycles. The minimum absolute atomic E-state index is 0.307. The van der Waals surface area contributed by atoms with Crippen LogP contribution < -0.4 is 5.46 Å². The third-order valence-corrected chi connectivity index (χ3v) is 5.31. The lowest BCUT2D eigenvalue weighted by atomic mass is 9.75. The molecular weight excluding hydrogens is 265 g/mol. The molecule has 1 aromatic heterocycles. The van der Waals surface area contributed by atoms with Crippen LogP contribution in [-0.4, -0.2) is 53.6 Å². The maximum atomic E-state index is 6.17. The van der Waals surface area contributed by atoms with Gasteiger partial charge in [0.15, 0.2) is 0 Å². The van der Waals surface area contributed by atoms with E-state index in [-0.39, 0.29) is 18.3 Å². The van der Waals surface area contributed by atoms with E-state index in [9.17, 15) is 0 Å². The largest absolute Gasteiger partial charge is 0.498 e. The standard InChI is InChI=1S/C15H26BN3O2/c1-14(2)15(3,4)21-16(20-14)12-10-17-18-13(12)11-6-8-19(5)9-7-11/h10-11H,6-9H2,1-5H3,(H,17,18). The number of piperidine rings is 1. The molecule has 0 saturated carbocycles. The lowest BCUT2D eigenvalue weighted by Gasteiger charge is -2.32. The van der Waals surface area contributed by atoms with Gasteiger partial charge in [0.1, 0.15) is 0 Å². The van der Waals surface area contributed by atoms with E-state index in [1.54, 1.807) is 0 Å². The highest BCUT2D eigenvalue weighted by molar-refractivity contribution is 6.62. The molecule has 2 saturated heterocycles. The predicted molar refractivity (Wildman–Crippen MR) is 83.8 cm³/mol. The molecule has 3 heterocycles. The first-order valence-corrected chi connectivity index (χ1v) is 7.88. The topological polar surface area (TPSA) is 50.4 Å². The van der Waals surface area contributed by atoms with Gasteiger partial charge in [0.25, 0.3) is 0 Å². The molecular formula is C15H26BN3O2. The molecule has 116 valence electrons. The van der Waals surface area contributed by atoms with Gasteiger partial charge in [0.2, 0.25) is 0 Å². The van der Waals surface area contributed by atoms with Crippen LogP contribution in [0.3, 0.4) is 0 Å². The highest BCUT2D eigenvalue weighted by Gasteiger charge is 2.52. The summed E-state index contributed by atoms with van der Waals surface area (Å²) in [5, 5.41) is 7.52. The zero-order valence-corrected chi connectivity index (χ0v) is 13.8. The Morgan fingerprint density at radius 2 is 1.76 bits per heavy atom. The molecule has 1 N–H and O–H groups in total. The zero-order valence-electron chi connectivity index (χ0n) is 13.8. The molecule has 0 spiro atoms. The Kier molecular flexibility index (Phi) is 3.67. The summed E-state index contributed by atoms with van der Waals surface area (Å²) >= 11 is 0. The smallest absolute Gasteiger partial charge is 0.399 e. The van der Waals surface area contributed by atoms with E-state index in [0.717, 1.165) is 37.1 Å². The Morgan fingerprint density at radius 1 is 1.19 bits per heavy atom. The molecule has 0 unspecified atom stereocenters. The van der Waals surface area contributed by atoms with Crippen molar-refractivity contribution in [3.8, 4) is 0 Å². The van der Waals surface area contributed by atoms with E-state index in [1.807, 2.05) is 6.20 Å². The first kappa shape index (κ1) is 15.1. The summed E-state index contributed by atoms with van der Waals surface area (Å²) in [5.74, 6) is 0.501. The average molecular weight is 291 g/mol. The minimum atomic E-state index is -0.316. The first-order valence-electron chi connectivity index (χ1n) is 7.88. The monoisotopic (exact) mass is 291 g/mol. The van der Waals surface area contributed by atoms with Gasteiger partial charge in [-0.15, -0.1) is 0 Å². The number of hydrogen-bond donors (Lipinski definition) is 1. The summed E-state index contributed by atoms with van der Waals surface area (Å²) in [6.45, 7) is 10.6. The van der Waals surface area contributed by atoms with Gasteiger partial charge >= 0.3 is 7.12 Å². The van der Waals surface area contributed by atoms with Gasteiger partial charge in [-0.3, -0.25) is 5.10 Å². The number of nitrogens with one attached hydrogen (secondary N) is 1. The van der Waals surface area contributed by atoms with E-state index in [0.29, 0.717) is 5.92 Å². The van der Waals surface area contributed by atoms with Gasteiger partial charge < -0.3 is 14.2 Å². The number of H-pyrrole nitrogens is 1. The molecule has 2 fully saturated rings. The maximum Gasteiger partial charge on any atom is 0.498 e. The quantitative estimate of drug-likeness (QED) is 0.839. The van der Waals surface area contributed by atoms with Crippen LogP contribution in [0.1, 0.15) is 52.1 Å². The van der Waals surface area contributed by atoms with E-state index in [4.69, 9.17) is 9.31 Å². The fraction of sp³-hybridized carbons (Fsp3) is 0.800. The fourth-order valence-electron chi connectivity index (χ4n) is 3.08. The van der Waals surface area contributed by atoms with Crippen LogP contribution in [0.2, 0.25) is 0 Å². The van der Waals surface area contributed by atoms with E-state index < -0.39 is 0 Å². The number of aromatic amines is 1. The number of likely N-dealkylation sites (tertiary alicyclic amines) is 1. The molecule has 0 aliphatic carbocycles. The van der Waals surface area contributed by atoms with Crippen molar-refractivity contribution >= 4 is 12.6 Å². The summed E-state index contributed by atoms with van der Waals surface area (Å²) in [6.07, 6.45) is 4.23. The maximum absolute atomic E-state index is 6.17. The van der Waals surface area contributed by atoms with Crippen LogP contribution in [0, 0.1) is 0 Å². The van der Waals surface area contributed by atoms with E-state index in [1.165, 1.54) is 0 Å². The Bertz CT molecular complexity index is 491. The Morgan fingerprint density at radius 3 is 2.33 bits per heavy atom. The molecule has 0 atom stereocenters. The van der Waals surface area contributed by atoms with Gasteiger partial charge in [-0.2, -0.15) is 5.10 Å². The van der Waals surface area contributed by atoms with Crippen molar-refractivity contribution in [1.29, 1.82) is 0 Å². The van der Waals surface area contributed by atoms with Gasteiger partial charge in [-0.1, -0.05) is 0 Å². The molecule has 1 aromatic rings. The summed E-state index contributed by atoms with van der Waals surface area (Å²) in [4.78, 5) is 2.37. The summed E-state index contributed by atoms with van der Waals surface area (Å²) in [7, 11) is 1.86. The number of aromatic nitrogens is 2. The third-order valence-electron chi connectivity index (χ3n) is 5.31. The molecule has 6 heteroatoms. The van der Waals surface area contributed by atoms with Crippen molar-refractivity contribution < 1.29 is 9.31 Å². The fourth-order valence-corrected chi connectivity index (χ4v) is 3.08. The summed E-state index contributed by atoms with van der Waals surface area (Å²) in [5.41, 5.74) is 1.59. The number of hydrogen-bond acceptors (Lipinski definition) is 4. The molecule has 2 aliphatic rings. The second-order valence-corrected chi connectivity index (χ2v) is 7.39. The van der Waals surface area contributed by atoms with E-state index in [2.05, 4.69) is 49.8 Å². The first-order chi connectivity index (χ1) is 9.80. The minimum Gasteiger partial charge on any atom is -0.399 e. The van der Waals surface area contributed by atoms with Crippen molar-refractivity contribution in [3.05, 3.63) is 11.9 Å². The van der Waals surface area contributed by atoms with Crippen LogP contribution in [-0.2, 0) is 9.31 Å². The average Bonchev–Trinajstić information content (AvgIpc) is 2.94. The van der Waals surface area contributed by atoms with Gasteiger partial charge in [0, 0.05) is 17.6 Å². The molecule has 21 heavy (non-hydrogen) atoms. The molecule has 0 bridgehead atoms. The zero-order chi connectivity index (χ0) is 15.3. The number of rotatable bonds is 2. The summed E-state index contributed by atoms with van der Waals surface area (Å²) < 4.78 is 12.3. The Labute approximate surface area is 127 Å². The highest BCUT2D eigenvalue weighted by Crippen LogP contribution is 2.37. The molecule has 0 radical (unpaired) electrons. The van der Waals surface area contributed by atoms with Crippen molar-refractivity contribution in [3.63, 3.8) is 0 Å². The van der Waals surface area contributed by atoms with Crippen molar-refractivity contribution in [2.45, 2.75) is 57.7 Å². The van der Waals surface area contributed by atoms with Gasteiger partial charge in [0.05, 0.1) is 16.9 Å². The van der Waals surface area contributed by atoms with Crippen LogP contribution in [0.25, 0.3) is 0 Å². The molecule has 5 nitrogen and oxygen atoms in total. The van der Waals surface area contributed by atoms with Crippen molar-refractivity contribution in [2.75, 3.05) is 20.1 Å². The Hall–Kier alpha value is -0.845. The molecule has 2 aliphatic heterocycles. The lowest BCUT2D eigenvalue weighted by Crippen LogP contribution is -2.41. The summed E-state index contributed by atoms with van der Waals surface area (Å²) in [6, 6.07) is 0. The van der Waals surface area contributed by atoms with Crippen molar-refractivity contribution in [2.24, 2.45) is 0 Å². The normalized spacial score (nSPS) is 26.4. The van der Waals surface area contributed by atoms with Crippen LogP contribution in [0.15, 0.2) is 6.20 Å². The predicted octanol–water partition coefficient (Wildman–Crippen LogP) is 1.52. The highest BCUT2D eigenvalue weighted by atomic mass is 16.7. The number of nitrogens with zero attached hydrogens (tertiary/aromatic N) is 2. The second kappa shape index (κ2) is 5.11. The van der Waals surface area contributed by atoms with E-state index >= 15 is 0 Å². The third kappa shape index (κ3) is 2.65. The van der Waals surface area contributed by atoms with Crippen molar-refractivity contribution in [1.82, 2.24) is 15.1 Å². The van der Waals surface area contributed by atoms with Gasteiger partial charge in [-0.25, -0.2) is 0 Å². The van der Waals surface area contributed by atoms with Crippen LogP contribution in [0.5, 0.6) is 0 Å². The van der Waals surface area contributed by atoms with Crippen LogP contribution >= 0.6 is 0 Å². The molecule has 0 amide bonds. The van der Waals surface area contributed by atoms with Gasteiger partial charge in [-0.05, 0) is 60.7 Å². The second-order valence-electron chi connectivity index (χ2n) is 7.39. The Balaban J connectivity index is 1.81. The van der Waals surface area contributed by atoms with Crippen LogP contribution in [0.4, 0.5) is 0 Å². The SMILES string of the molecule is CN1CCC(c2n[nH]cc2B2OC(C)(C)C(C)(C)O2)CC1.